The molecule has 0 fully saturated rings. The summed E-state index contributed by atoms with van der Waals surface area (Å²) in [6.45, 7) is 0.128. The molecule has 0 saturated heterocycles. The zero-order valence-corrected chi connectivity index (χ0v) is 12.3. The van der Waals surface area contributed by atoms with Crippen molar-refractivity contribution in [3.8, 4) is 17.0 Å². The van der Waals surface area contributed by atoms with Gasteiger partial charge in [0.05, 0.1) is 0 Å². The molecule has 3 rings (SSSR count). The van der Waals surface area contributed by atoms with E-state index in [1.165, 1.54) is 6.07 Å². The number of nitrogens with one attached hydrogen (secondary N) is 1. The third kappa shape index (κ3) is 3.22. The number of aromatic nitrogens is 3. The first-order valence-electron chi connectivity index (χ1n) is 6.92. The molecule has 0 aliphatic carbocycles. The van der Waals surface area contributed by atoms with Gasteiger partial charge in [-0.25, -0.2) is 8.78 Å². The number of amides is 1. The van der Waals surface area contributed by atoms with Gasteiger partial charge in [0.15, 0.2) is 17.3 Å². The number of primary amides is 1. The second-order valence-electron chi connectivity index (χ2n) is 4.95. The van der Waals surface area contributed by atoms with Gasteiger partial charge in [0.2, 0.25) is 0 Å². The minimum absolute atomic E-state index is 0.0358. The molecule has 1 aromatic heterocycles. The highest BCUT2D eigenvalue weighted by molar-refractivity contribution is 5.96. The van der Waals surface area contributed by atoms with Gasteiger partial charge in [0.1, 0.15) is 18.1 Å². The highest BCUT2D eigenvalue weighted by atomic mass is 19.2. The summed E-state index contributed by atoms with van der Waals surface area (Å²) in [6, 6.07) is 10.3. The number of hydrogen-bond donors (Lipinski definition) is 2. The molecule has 122 valence electrons. The molecule has 24 heavy (non-hydrogen) atoms. The van der Waals surface area contributed by atoms with Gasteiger partial charge in [-0.15, -0.1) is 0 Å². The lowest BCUT2D eigenvalue weighted by molar-refractivity contribution is 0.0996. The van der Waals surface area contributed by atoms with E-state index in [4.69, 9.17) is 10.5 Å². The molecule has 2 aromatic carbocycles. The SMILES string of the molecule is NC(=O)c1n[nH]nc1-c1cccc(COc2ccc(F)c(F)c2)c1. The van der Waals surface area contributed by atoms with Crippen LogP contribution in [-0.2, 0) is 6.61 Å². The van der Waals surface area contributed by atoms with Crippen LogP contribution in [0.25, 0.3) is 11.3 Å². The average molecular weight is 330 g/mol. The normalized spacial score (nSPS) is 10.6. The summed E-state index contributed by atoms with van der Waals surface area (Å²) >= 11 is 0. The molecule has 1 heterocycles. The second kappa shape index (κ2) is 6.45. The van der Waals surface area contributed by atoms with Crippen molar-refractivity contribution in [1.82, 2.24) is 15.4 Å². The number of H-pyrrole nitrogens is 1. The van der Waals surface area contributed by atoms with Crippen LogP contribution in [0.1, 0.15) is 16.1 Å². The van der Waals surface area contributed by atoms with Gasteiger partial charge in [-0.1, -0.05) is 18.2 Å². The van der Waals surface area contributed by atoms with E-state index in [1.807, 2.05) is 0 Å². The maximum atomic E-state index is 13.2. The number of halogens is 2. The Morgan fingerprint density at radius 2 is 1.96 bits per heavy atom. The number of hydrogen-bond acceptors (Lipinski definition) is 4. The van der Waals surface area contributed by atoms with Crippen molar-refractivity contribution in [1.29, 1.82) is 0 Å². The molecule has 1 amide bonds. The fourth-order valence-corrected chi connectivity index (χ4v) is 2.15. The standard InChI is InChI=1S/C16H12F2N4O2/c17-12-5-4-11(7-13(12)18)24-8-9-2-1-3-10(6-9)14-15(16(19)23)21-22-20-14/h1-7H,8H2,(H2,19,23)(H,20,21,22). The molecular formula is C16H12F2N4O2. The van der Waals surface area contributed by atoms with E-state index in [0.29, 0.717) is 11.3 Å². The Kier molecular flexibility index (Phi) is 4.19. The number of benzene rings is 2. The second-order valence-corrected chi connectivity index (χ2v) is 4.95. The zero-order valence-electron chi connectivity index (χ0n) is 12.3. The number of aromatic amines is 1. The topological polar surface area (TPSA) is 93.9 Å². The third-order valence-electron chi connectivity index (χ3n) is 3.28. The van der Waals surface area contributed by atoms with Crippen LogP contribution < -0.4 is 10.5 Å². The van der Waals surface area contributed by atoms with Crippen molar-refractivity contribution in [3.63, 3.8) is 0 Å². The Balaban J connectivity index is 1.79. The Hall–Kier alpha value is -3.29. The number of carbonyl (C=O) groups is 1. The van der Waals surface area contributed by atoms with Gasteiger partial charge in [-0.2, -0.15) is 15.4 Å². The number of carbonyl (C=O) groups excluding carboxylic acids is 1. The Morgan fingerprint density at radius 3 is 2.71 bits per heavy atom. The van der Waals surface area contributed by atoms with Crippen LogP contribution in [0.5, 0.6) is 5.75 Å². The minimum atomic E-state index is -0.977. The summed E-state index contributed by atoms with van der Waals surface area (Å²) in [4.78, 5) is 11.3. The highest BCUT2D eigenvalue weighted by Crippen LogP contribution is 2.22. The molecule has 0 aliphatic heterocycles. The molecular weight excluding hydrogens is 318 g/mol. The summed E-state index contributed by atoms with van der Waals surface area (Å²) in [6.07, 6.45) is 0. The smallest absolute Gasteiger partial charge is 0.271 e. The summed E-state index contributed by atoms with van der Waals surface area (Å²) in [5.41, 5.74) is 6.98. The molecule has 3 aromatic rings. The monoisotopic (exact) mass is 330 g/mol. The maximum Gasteiger partial charge on any atom is 0.271 e. The molecule has 6 nitrogen and oxygen atoms in total. The van der Waals surface area contributed by atoms with Crippen LogP contribution in [0.2, 0.25) is 0 Å². The van der Waals surface area contributed by atoms with Crippen molar-refractivity contribution in [3.05, 3.63) is 65.4 Å². The zero-order chi connectivity index (χ0) is 17.1. The van der Waals surface area contributed by atoms with Crippen LogP contribution in [0.3, 0.4) is 0 Å². The molecule has 0 bridgehead atoms. The predicted molar refractivity (Wildman–Crippen MR) is 81.0 cm³/mol. The molecule has 0 spiro atoms. The van der Waals surface area contributed by atoms with Gasteiger partial charge < -0.3 is 10.5 Å². The van der Waals surface area contributed by atoms with Gasteiger partial charge in [-0.05, 0) is 23.8 Å². The lowest BCUT2D eigenvalue weighted by Gasteiger charge is -2.08. The fraction of sp³-hybridized carbons (Fsp3) is 0.0625. The van der Waals surface area contributed by atoms with Gasteiger partial charge in [0.25, 0.3) is 5.91 Å². The molecule has 0 unspecified atom stereocenters. The third-order valence-corrected chi connectivity index (χ3v) is 3.28. The van der Waals surface area contributed by atoms with Crippen LogP contribution in [0.15, 0.2) is 42.5 Å². The van der Waals surface area contributed by atoms with Crippen molar-refractivity contribution < 1.29 is 18.3 Å². The molecule has 3 N–H and O–H groups in total. The minimum Gasteiger partial charge on any atom is -0.489 e. The summed E-state index contributed by atoms with van der Waals surface area (Å²) in [5.74, 6) is -2.40. The summed E-state index contributed by atoms with van der Waals surface area (Å²) < 4.78 is 31.5. The first kappa shape index (κ1) is 15.6. The summed E-state index contributed by atoms with van der Waals surface area (Å²) in [5, 5.41) is 9.99. The van der Waals surface area contributed by atoms with E-state index in [0.717, 1.165) is 17.7 Å². The number of rotatable bonds is 5. The van der Waals surface area contributed by atoms with E-state index in [9.17, 15) is 13.6 Å². The van der Waals surface area contributed by atoms with E-state index >= 15 is 0 Å². The van der Waals surface area contributed by atoms with Crippen molar-refractivity contribution in [2.45, 2.75) is 6.61 Å². The number of nitrogens with two attached hydrogens (primary N) is 1. The fourth-order valence-electron chi connectivity index (χ4n) is 2.15. The van der Waals surface area contributed by atoms with Crippen molar-refractivity contribution >= 4 is 5.91 Å². The Labute approximate surface area is 135 Å². The lowest BCUT2D eigenvalue weighted by Crippen LogP contribution is -2.12. The predicted octanol–water partition coefficient (Wildman–Crippen LogP) is 2.43. The quantitative estimate of drug-likeness (QED) is 0.751. The number of ether oxygens (including phenoxy) is 1. The Bertz CT molecular complexity index is 895. The molecule has 0 radical (unpaired) electrons. The van der Waals surface area contributed by atoms with Crippen molar-refractivity contribution in [2.75, 3.05) is 0 Å². The van der Waals surface area contributed by atoms with Crippen LogP contribution in [-0.4, -0.2) is 21.3 Å². The van der Waals surface area contributed by atoms with Crippen molar-refractivity contribution in [2.24, 2.45) is 5.73 Å². The molecule has 0 atom stereocenters. The lowest BCUT2D eigenvalue weighted by atomic mass is 10.1. The van der Waals surface area contributed by atoms with Crippen LogP contribution in [0.4, 0.5) is 8.78 Å². The van der Waals surface area contributed by atoms with Gasteiger partial charge >= 0.3 is 0 Å². The molecule has 0 saturated carbocycles. The van der Waals surface area contributed by atoms with Crippen LogP contribution in [0, 0.1) is 11.6 Å². The first-order valence-corrected chi connectivity index (χ1v) is 6.92. The van der Waals surface area contributed by atoms with E-state index in [1.54, 1.807) is 24.3 Å². The van der Waals surface area contributed by atoms with Gasteiger partial charge in [0, 0.05) is 11.6 Å². The highest BCUT2D eigenvalue weighted by Gasteiger charge is 2.15. The van der Waals surface area contributed by atoms with Crippen LogP contribution >= 0.6 is 0 Å². The van der Waals surface area contributed by atoms with E-state index in [2.05, 4.69) is 15.4 Å². The number of nitrogens with zero attached hydrogens (tertiary/aromatic N) is 2. The summed E-state index contributed by atoms with van der Waals surface area (Å²) in [7, 11) is 0. The average Bonchev–Trinajstić information content (AvgIpc) is 3.06. The van der Waals surface area contributed by atoms with E-state index in [-0.39, 0.29) is 18.1 Å². The first-order chi connectivity index (χ1) is 11.5. The van der Waals surface area contributed by atoms with Gasteiger partial charge in [-0.3, -0.25) is 4.79 Å². The largest absolute Gasteiger partial charge is 0.489 e. The molecule has 8 heteroatoms. The van der Waals surface area contributed by atoms with E-state index < -0.39 is 17.5 Å². The maximum absolute atomic E-state index is 13.2. The Morgan fingerprint density at radius 1 is 1.12 bits per heavy atom. The molecule has 0 aliphatic rings.